The quantitative estimate of drug-likeness (QED) is 0.568. The van der Waals surface area contributed by atoms with Gasteiger partial charge in [-0.15, -0.1) is 6.58 Å². The van der Waals surface area contributed by atoms with Crippen molar-refractivity contribution in [2.24, 2.45) is 0 Å². The molecule has 0 spiro atoms. The van der Waals surface area contributed by atoms with E-state index in [2.05, 4.69) is 18.0 Å². The van der Waals surface area contributed by atoms with Crippen molar-refractivity contribution in [1.82, 2.24) is 9.21 Å². The number of carbonyl (C=O) groups excluding carboxylic acids is 1. The third kappa shape index (κ3) is 6.99. The van der Waals surface area contributed by atoms with E-state index < -0.39 is 10.0 Å². The van der Waals surface area contributed by atoms with Gasteiger partial charge < -0.3 is 5.32 Å². The molecule has 0 bridgehead atoms. The molecule has 1 N–H and O–H groups in total. The fourth-order valence-corrected chi connectivity index (χ4v) is 5.43. The largest absolute Gasteiger partial charge is 0.325 e. The zero-order chi connectivity index (χ0) is 23.7. The zero-order valence-electron chi connectivity index (χ0n) is 18.7. The molecule has 0 saturated carbocycles. The smallest absolute Gasteiger partial charge is 0.243 e. The number of carbonyl (C=O) groups is 1. The number of anilines is 1. The van der Waals surface area contributed by atoms with Crippen molar-refractivity contribution in [3.05, 3.63) is 72.3 Å². The molecule has 0 atom stereocenters. The van der Waals surface area contributed by atoms with Gasteiger partial charge in [-0.25, -0.2) is 8.42 Å². The van der Waals surface area contributed by atoms with Crippen LogP contribution in [0.1, 0.15) is 36.8 Å². The zero-order valence-corrected chi connectivity index (χ0v) is 19.6. The minimum absolute atomic E-state index is 0.136. The van der Waals surface area contributed by atoms with Crippen molar-refractivity contribution in [3.8, 4) is 6.07 Å². The highest BCUT2D eigenvalue weighted by atomic mass is 32.2. The van der Waals surface area contributed by atoms with Gasteiger partial charge in [-0.1, -0.05) is 31.1 Å². The van der Waals surface area contributed by atoms with E-state index in [0.717, 1.165) is 31.2 Å². The molecule has 1 heterocycles. The van der Waals surface area contributed by atoms with Gasteiger partial charge in [-0.05, 0) is 54.8 Å². The molecular weight excluding hydrogens is 436 g/mol. The van der Waals surface area contributed by atoms with Gasteiger partial charge in [0.05, 0.1) is 23.1 Å². The first kappa shape index (κ1) is 24.6. The summed E-state index contributed by atoms with van der Waals surface area (Å²) in [5.41, 5.74) is 2.05. The molecule has 1 fully saturated rings. The van der Waals surface area contributed by atoms with Crippen LogP contribution in [0.25, 0.3) is 0 Å². The van der Waals surface area contributed by atoms with E-state index in [4.69, 9.17) is 5.26 Å². The van der Waals surface area contributed by atoms with Crippen LogP contribution in [0.15, 0.2) is 66.1 Å². The molecule has 1 aliphatic heterocycles. The van der Waals surface area contributed by atoms with Crippen LogP contribution in [0, 0.1) is 11.3 Å². The first-order valence-corrected chi connectivity index (χ1v) is 12.6. The Balaban J connectivity index is 1.61. The van der Waals surface area contributed by atoms with Gasteiger partial charge >= 0.3 is 0 Å². The molecular formula is C25H30N4O3S. The minimum atomic E-state index is -3.52. The van der Waals surface area contributed by atoms with E-state index in [1.165, 1.54) is 0 Å². The predicted octanol–water partition coefficient (Wildman–Crippen LogP) is 3.75. The second kappa shape index (κ2) is 11.8. The fraction of sp³-hybridized carbons (Fsp3) is 0.360. The summed E-state index contributed by atoms with van der Waals surface area (Å²) in [7, 11) is -3.52. The molecule has 0 aliphatic carbocycles. The Morgan fingerprint density at radius 1 is 1.12 bits per heavy atom. The van der Waals surface area contributed by atoms with E-state index in [9.17, 15) is 13.2 Å². The molecule has 1 saturated heterocycles. The second-order valence-electron chi connectivity index (χ2n) is 8.16. The Labute approximate surface area is 196 Å². The molecule has 0 aromatic heterocycles. The number of sulfonamides is 1. The summed E-state index contributed by atoms with van der Waals surface area (Å²) in [6, 6.07) is 15.7. The molecule has 0 unspecified atom stereocenters. The lowest BCUT2D eigenvalue weighted by Gasteiger charge is -2.21. The summed E-state index contributed by atoms with van der Waals surface area (Å²) in [6.45, 7) is 6.01. The standard InChI is InChI=1S/C25H30N4O3S/c1-2-14-28(19-22-9-7-8-21(17-22)18-26)20-25(30)27-23-10-12-24(13-11-23)33(31,32)29-15-5-3-4-6-16-29/h2,7-13,17H,1,3-6,14-16,19-20H2,(H,27,30). The number of nitriles is 1. The average Bonchev–Trinajstić information content (AvgIpc) is 3.10. The lowest BCUT2D eigenvalue weighted by Crippen LogP contribution is -2.33. The molecule has 1 aliphatic rings. The van der Waals surface area contributed by atoms with Crippen LogP contribution in [0.3, 0.4) is 0 Å². The average molecular weight is 467 g/mol. The minimum Gasteiger partial charge on any atom is -0.325 e. The molecule has 0 radical (unpaired) electrons. The maximum absolute atomic E-state index is 12.9. The highest BCUT2D eigenvalue weighted by molar-refractivity contribution is 7.89. The predicted molar refractivity (Wildman–Crippen MR) is 129 cm³/mol. The summed E-state index contributed by atoms with van der Waals surface area (Å²) in [5, 5.41) is 11.9. The number of hydrogen-bond acceptors (Lipinski definition) is 5. The van der Waals surface area contributed by atoms with Crippen molar-refractivity contribution in [3.63, 3.8) is 0 Å². The molecule has 174 valence electrons. The summed E-state index contributed by atoms with van der Waals surface area (Å²) in [5.74, 6) is -0.212. The van der Waals surface area contributed by atoms with E-state index in [1.807, 2.05) is 17.0 Å². The maximum Gasteiger partial charge on any atom is 0.243 e. The third-order valence-corrected chi connectivity index (χ3v) is 7.47. The monoisotopic (exact) mass is 466 g/mol. The Bertz CT molecular complexity index is 1100. The molecule has 3 rings (SSSR count). The number of nitrogens with one attached hydrogen (secondary N) is 1. The van der Waals surface area contributed by atoms with Gasteiger partial charge in [0.15, 0.2) is 0 Å². The maximum atomic E-state index is 12.9. The van der Waals surface area contributed by atoms with E-state index in [-0.39, 0.29) is 17.3 Å². The third-order valence-electron chi connectivity index (χ3n) is 5.56. The van der Waals surface area contributed by atoms with Crippen LogP contribution in [0.2, 0.25) is 0 Å². The van der Waals surface area contributed by atoms with Gasteiger partial charge in [-0.3, -0.25) is 9.69 Å². The number of nitrogens with zero attached hydrogens (tertiary/aromatic N) is 3. The van der Waals surface area contributed by atoms with E-state index >= 15 is 0 Å². The van der Waals surface area contributed by atoms with Crippen molar-refractivity contribution in [1.29, 1.82) is 5.26 Å². The Kier molecular flexibility index (Phi) is 8.78. The fourth-order valence-electron chi connectivity index (χ4n) is 3.91. The Hall–Kier alpha value is -2.99. The lowest BCUT2D eigenvalue weighted by atomic mass is 10.1. The van der Waals surface area contributed by atoms with Crippen molar-refractivity contribution in [2.45, 2.75) is 37.1 Å². The number of amides is 1. The molecule has 33 heavy (non-hydrogen) atoms. The van der Waals surface area contributed by atoms with Crippen molar-refractivity contribution < 1.29 is 13.2 Å². The van der Waals surface area contributed by atoms with Gasteiger partial charge in [0.2, 0.25) is 15.9 Å². The van der Waals surface area contributed by atoms with Gasteiger partial charge in [0, 0.05) is 31.9 Å². The summed E-state index contributed by atoms with van der Waals surface area (Å²) < 4.78 is 27.4. The van der Waals surface area contributed by atoms with Crippen LogP contribution in [-0.2, 0) is 21.4 Å². The highest BCUT2D eigenvalue weighted by Crippen LogP contribution is 2.22. The summed E-state index contributed by atoms with van der Waals surface area (Å²) >= 11 is 0. The summed E-state index contributed by atoms with van der Waals surface area (Å²) in [6.07, 6.45) is 5.61. The number of benzene rings is 2. The lowest BCUT2D eigenvalue weighted by molar-refractivity contribution is -0.117. The second-order valence-corrected chi connectivity index (χ2v) is 10.1. The van der Waals surface area contributed by atoms with E-state index in [1.54, 1.807) is 46.8 Å². The Morgan fingerprint density at radius 3 is 2.45 bits per heavy atom. The molecule has 1 amide bonds. The molecule has 8 heteroatoms. The van der Waals surface area contributed by atoms with Crippen LogP contribution >= 0.6 is 0 Å². The molecule has 7 nitrogen and oxygen atoms in total. The van der Waals surface area contributed by atoms with E-state index in [0.29, 0.717) is 37.4 Å². The van der Waals surface area contributed by atoms with Gasteiger partial charge in [0.25, 0.3) is 0 Å². The summed E-state index contributed by atoms with van der Waals surface area (Å²) in [4.78, 5) is 14.8. The highest BCUT2D eigenvalue weighted by Gasteiger charge is 2.25. The van der Waals surface area contributed by atoms with Crippen LogP contribution in [0.5, 0.6) is 0 Å². The van der Waals surface area contributed by atoms with Crippen molar-refractivity contribution in [2.75, 3.05) is 31.5 Å². The first-order valence-electron chi connectivity index (χ1n) is 11.1. The van der Waals surface area contributed by atoms with Crippen LogP contribution in [-0.4, -0.2) is 49.7 Å². The molecule has 2 aromatic rings. The number of hydrogen-bond donors (Lipinski definition) is 1. The van der Waals surface area contributed by atoms with Gasteiger partial charge in [0.1, 0.15) is 0 Å². The number of rotatable bonds is 9. The van der Waals surface area contributed by atoms with Gasteiger partial charge in [-0.2, -0.15) is 9.57 Å². The topological polar surface area (TPSA) is 93.5 Å². The van der Waals surface area contributed by atoms with Crippen LogP contribution in [0.4, 0.5) is 5.69 Å². The molecule has 2 aromatic carbocycles. The Morgan fingerprint density at radius 2 is 1.82 bits per heavy atom. The first-order chi connectivity index (χ1) is 15.9. The van der Waals surface area contributed by atoms with Crippen LogP contribution < -0.4 is 5.32 Å². The van der Waals surface area contributed by atoms with Crippen molar-refractivity contribution >= 4 is 21.6 Å². The SMILES string of the molecule is C=CCN(CC(=O)Nc1ccc(S(=O)(=O)N2CCCCCC2)cc1)Cc1cccc(C#N)c1. The normalized spacial score (nSPS) is 14.9.